The summed E-state index contributed by atoms with van der Waals surface area (Å²) in [5, 5.41) is 9.00. The maximum atomic E-state index is 9.00. The van der Waals surface area contributed by atoms with Crippen molar-refractivity contribution in [1.82, 2.24) is 0 Å². The highest BCUT2D eigenvalue weighted by Gasteiger charge is 2.36. The van der Waals surface area contributed by atoms with Gasteiger partial charge in [0.05, 0.1) is 6.61 Å². The first-order valence-electron chi connectivity index (χ1n) is 4.13. The normalized spacial score (nSPS) is 37.8. The van der Waals surface area contributed by atoms with Gasteiger partial charge in [0.15, 0.2) is 0 Å². The third-order valence-corrected chi connectivity index (χ3v) is 3.21. The van der Waals surface area contributed by atoms with Gasteiger partial charge < -0.3 is 5.11 Å². The summed E-state index contributed by atoms with van der Waals surface area (Å²) in [5.74, 6) is 1.60. The molecule has 10 heavy (non-hydrogen) atoms. The molecule has 0 aromatic heterocycles. The maximum absolute atomic E-state index is 9.00. The van der Waals surface area contributed by atoms with Crippen LogP contribution in [-0.4, -0.2) is 11.7 Å². The molecule has 0 radical (unpaired) electrons. The van der Waals surface area contributed by atoms with Crippen molar-refractivity contribution in [2.24, 2.45) is 11.8 Å². The second-order valence-electron chi connectivity index (χ2n) is 3.57. The number of hydrogen-bond donors (Lipinski definition) is 1. The van der Waals surface area contributed by atoms with E-state index < -0.39 is 0 Å². The molecule has 0 unspecified atom stereocenters. The molecule has 0 amide bonds. The van der Waals surface area contributed by atoms with Crippen molar-refractivity contribution in [3.63, 3.8) is 0 Å². The van der Waals surface area contributed by atoms with E-state index in [0.717, 1.165) is 11.8 Å². The van der Waals surface area contributed by atoms with Gasteiger partial charge >= 0.3 is 0 Å². The third kappa shape index (κ3) is 0.671. The average Bonchev–Trinajstić information content (AvgIpc) is 2.46. The predicted molar refractivity (Wildman–Crippen MR) is 40.6 cm³/mol. The van der Waals surface area contributed by atoms with Crippen LogP contribution in [0.2, 0.25) is 0 Å². The van der Waals surface area contributed by atoms with Crippen LogP contribution in [0.3, 0.4) is 0 Å². The zero-order chi connectivity index (χ0) is 7.14. The van der Waals surface area contributed by atoms with Crippen molar-refractivity contribution in [3.8, 4) is 0 Å². The predicted octanol–water partition coefficient (Wildman–Crippen LogP) is 1.73. The van der Waals surface area contributed by atoms with Crippen molar-refractivity contribution >= 4 is 0 Å². The molecule has 0 heterocycles. The Balaban J connectivity index is 2.29. The minimum Gasteiger partial charge on any atom is -0.392 e. The van der Waals surface area contributed by atoms with Crippen LogP contribution in [0.5, 0.6) is 0 Å². The Bertz CT molecular complexity index is 181. The van der Waals surface area contributed by atoms with E-state index in [0.29, 0.717) is 6.61 Å². The highest BCUT2D eigenvalue weighted by molar-refractivity contribution is 5.27. The van der Waals surface area contributed by atoms with Crippen LogP contribution in [0, 0.1) is 11.8 Å². The first-order valence-corrected chi connectivity index (χ1v) is 4.13. The van der Waals surface area contributed by atoms with Gasteiger partial charge in [-0.25, -0.2) is 0 Å². The molecule has 1 heteroatoms. The molecule has 2 aliphatic rings. The number of allylic oxidation sites excluding steroid dienone is 1. The van der Waals surface area contributed by atoms with E-state index >= 15 is 0 Å². The Hall–Kier alpha value is -0.300. The monoisotopic (exact) mass is 138 g/mol. The Morgan fingerprint density at radius 3 is 2.50 bits per heavy atom. The largest absolute Gasteiger partial charge is 0.392 e. The fraction of sp³-hybridized carbons (Fsp3) is 0.778. The zero-order valence-corrected chi connectivity index (χ0v) is 6.43. The van der Waals surface area contributed by atoms with Gasteiger partial charge in [-0.2, -0.15) is 0 Å². The summed E-state index contributed by atoms with van der Waals surface area (Å²) in [6, 6.07) is 0. The van der Waals surface area contributed by atoms with Crippen molar-refractivity contribution in [2.75, 3.05) is 6.61 Å². The zero-order valence-electron chi connectivity index (χ0n) is 6.43. The smallest absolute Gasteiger partial charge is 0.0647 e. The lowest BCUT2D eigenvalue weighted by Crippen LogP contribution is -2.04. The summed E-state index contributed by atoms with van der Waals surface area (Å²) < 4.78 is 0. The molecule has 2 rings (SSSR count). The number of aliphatic hydroxyl groups is 1. The molecule has 0 aromatic carbocycles. The average molecular weight is 138 g/mol. The van der Waals surface area contributed by atoms with Crippen LogP contribution < -0.4 is 0 Å². The second kappa shape index (κ2) is 2.09. The molecule has 1 nitrogen and oxygen atoms in total. The molecular formula is C9H14O. The van der Waals surface area contributed by atoms with E-state index in [1.165, 1.54) is 30.4 Å². The topological polar surface area (TPSA) is 20.2 Å². The highest BCUT2D eigenvalue weighted by Crippen LogP contribution is 2.47. The molecule has 1 fully saturated rings. The van der Waals surface area contributed by atoms with Crippen LogP contribution in [0.25, 0.3) is 0 Å². The number of aliphatic hydroxyl groups excluding tert-OH is 1. The maximum Gasteiger partial charge on any atom is 0.0647 e. The third-order valence-electron chi connectivity index (χ3n) is 3.21. The van der Waals surface area contributed by atoms with Gasteiger partial charge in [-0.15, -0.1) is 0 Å². The van der Waals surface area contributed by atoms with Gasteiger partial charge in [-0.1, -0.05) is 5.57 Å². The summed E-state index contributed by atoms with van der Waals surface area (Å²) in [4.78, 5) is 0. The van der Waals surface area contributed by atoms with Crippen LogP contribution >= 0.6 is 0 Å². The SMILES string of the molecule is CC1=C(CO)[C@@H]2CC[C@H]1C2. The lowest BCUT2D eigenvalue weighted by atomic mass is 9.93. The quantitative estimate of drug-likeness (QED) is 0.547. The molecule has 2 atom stereocenters. The van der Waals surface area contributed by atoms with Crippen molar-refractivity contribution < 1.29 is 5.11 Å². The van der Waals surface area contributed by atoms with Crippen LogP contribution in [0.1, 0.15) is 26.2 Å². The lowest BCUT2D eigenvalue weighted by Gasteiger charge is -2.14. The summed E-state index contributed by atoms with van der Waals surface area (Å²) >= 11 is 0. The number of hydrogen-bond acceptors (Lipinski definition) is 1. The number of fused-ring (bicyclic) bond motifs is 2. The Morgan fingerprint density at radius 1 is 1.40 bits per heavy atom. The van der Waals surface area contributed by atoms with Crippen molar-refractivity contribution in [2.45, 2.75) is 26.2 Å². The molecule has 0 saturated heterocycles. The van der Waals surface area contributed by atoms with Crippen molar-refractivity contribution in [1.29, 1.82) is 0 Å². The Morgan fingerprint density at radius 2 is 2.10 bits per heavy atom. The van der Waals surface area contributed by atoms with E-state index in [1.807, 2.05) is 0 Å². The molecule has 0 aliphatic heterocycles. The van der Waals surface area contributed by atoms with E-state index in [1.54, 1.807) is 0 Å². The van der Waals surface area contributed by atoms with Crippen molar-refractivity contribution in [3.05, 3.63) is 11.1 Å². The molecule has 0 spiro atoms. The van der Waals surface area contributed by atoms with Gasteiger partial charge in [0, 0.05) is 0 Å². The van der Waals surface area contributed by atoms with E-state index in [2.05, 4.69) is 6.92 Å². The first kappa shape index (κ1) is 6.41. The minimum atomic E-state index is 0.313. The minimum absolute atomic E-state index is 0.313. The van der Waals surface area contributed by atoms with Gasteiger partial charge in [-0.05, 0) is 43.6 Å². The van der Waals surface area contributed by atoms with Gasteiger partial charge in [0.25, 0.3) is 0 Å². The number of rotatable bonds is 1. The fourth-order valence-electron chi connectivity index (χ4n) is 2.53. The standard InChI is InChI=1S/C9H14O/c1-6-7-2-3-8(4-7)9(6)5-10/h7-8,10H,2-5H2,1H3/t7-,8+/m0/s1. The summed E-state index contributed by atoms with van der Waals surface area (Å²) in [6.45, 7) is 2.50. The molecule has 1 N–H and O–H groups in total. The van der Waals surface area contributed by atoms with Gasteiger partial charge in [0.2, 0.25) is 0 Å². The summed E-state index contributed by atoms with van der Waals surface area (Å²) in [5.41, 5.74) is 2.86. The van der Waals surface area contributed by atoms with E-state index in [-0.39, 0.29) is 0 Å². The van der Waals surface area contributed by atoms with Crippen LogP contribution in [0.15, 0.2) is 11.1 Å². The fourth-order valence-corrected chi connectivity index (χ4v) is 2.53. The Labute approximate surface area is 61.8 Å². The first-order chi connectivity index (χ1) is 4.83. The molecule has 0 aromatic rings. The Kier molecular flexibility index (Phi) is 1.34. The molecule has 2 aliphatic carbocycles. The molecular weight excluding hydrogens is 124 g/mol. The lowest BCUT2D eigenvalue weighted by molar-refractivity contribution is 0.314. The van der Waals surface area contributed by atoms with Crippen LogP contribution in [-0.2, 0) is 0 Å². The molecule has 56 valence electrons. The summed E-state index contributed by atoms with van der Waals surface area (Å²) in [6.07, 6.45) is 4.04. The second-order valence-corrected chi connectivity index (χ2v) is 3.57. The van der Waals surface area contributed by atoms with E-state index in [4.69, 9.17) is 5.11 Å². The van der Waals surface area contributed by atoms with Crippen LogP contribution in [0.4, 0.5) is 0 Å². The van der Waals surface area contributed by atoms with Gasteiger partial charge in [0.1, 0.15) is 0 Å². The van der Waals surface area contributed by atoms with E-state index in [9.17, 15) is 0 Å². The molecule has 1 saturated carbocycles. The highest BCUT2D eigenvalue weighted by atomic mass is 16.3. The summed E-state index contributed by atoms with van der Waals surface area (Å²) in [7, 11) is 0. The molecule has 2 bridgehead atoms. The van der Waals surface area contributed by atoms with Gasteiger partial charge in [-0.3, -0.25) is 0 Å².